The highest BCUT2D eigenvalue weighted by atomic mass is 32.2. The monoisotopic (exact) mass is 354 g/mol. The van der Waals surface area contributed by atoms with E-state index >= 15 is 0 Å². The van der Waals surface area contributed by atoms with Crippen molar-refractivity contribution in [3.63, 3.8) is 0 Å². The number of aryl methyl sites for hydroxylation is 2. The highest BCUT2D eigenvalue weighted by Gasteiger charge is 2.21. The SMILES string of the molecule is COc1cc(C)c(S(=O)(=O)NCC(=O)NC2CCCCC2)cc1C. The summed E-state index contributed by atoms with van der Waals surface area (Å²) in [5.74, 6) is 0.356. The summed E-state index contributed by atoms with van der Waals surface area (Å²) in [6.07, 6.45) is 5.36. The molecule has 1 amide bonds. The maximum absolute atomic E-state index is 12.5. The lowest BCUT2D eigenvalue weighted by Gasteiger charge is -2.22. The fourth-order valence-corrected chi connectivity index (χ4v) is 4.33. The van der Waals surface area contributed by atoms with E-state index in [4.69, 9.17) is 4.74 Å². The minimum atomic E-state index is -3.74. The van der Waals surface area contributed by atoms with Gasteiger partial charge in [-0.3, -0.25) is 4.79 Å². The lowest BCUT2D eigenvalue weighted by molar-refractivity contribution is -0.120. The molecule has 1 saturated carbocycles. The van der Waals surface area contributed by atoms with Crippen LogP contribution in [0.4, 0.5) is 0 Å². The van der Waals surface area contributed by atoms with E-state index in [2.05, 4.69) is 10.0 Å². The van der Waals surface area contributed by atoms with Crippen molar-refractivity contribution in [1.82, 2.24) is 10.0 Å². The Morgan fingerprint density at radius 2 is 1.83 bits per heavy atom. The molecule has 0 bridgehead atoms. The molecular formula is C17H26N2O4S. The van der Waals surface area contributed by atoms with Gasteiger partial charge in [0.05, 0.1) is 18.6 Å². The van der Waals surface area contributed by atoms with E-state index in [1.807, 2.05) is 0 Å². The Labute approximate surface area is 144 Å². The summed E-state index contributed by atoms with van der Waals surface area (Å²) in [7, 11) is -2.20. The molecule has 0 atom stereocenters. The fourth-order valence-electron chi connectivity index (χ4n) is 3.04. The second-order valence-electron chi connectivity index (χ2n) is 6.31. The molecule has 0 aromatic heterocycles. The first-order valence-corrected chi connectivity index (χ1v) is 9.76. The van der Waals surface area contributed by atoms with Gasteiger partial charge in [0, 0.05) is 6.04 Å². The zero-order chi connectivity index (χ0) is 17.7. The van der Waals surface area contributed by atoms with E-state index in [1.165, 1.54) is 6.42 Å². The molecule has 7 heteroatoms. The molecule has 1 fully saturated rings. The predicted octanol–water partition coefficient (Wildman–Crippen LogP) is 2.04. The van der Waals surface area contributed by atoms with E-state index in [9.17, 15) is 13.2 Å². The van der Waals surface area contributed by atoms with Crippen LogP contribution in [0.1, 0.15) is 43.2 Å². The molecule has 24 heavy (non-hydrogen) atoms. The number of sulfonamides is 1. The number of amides is 1. The fraction of sp³-hybridized carbons (Fsp3) is 0.588. The van der Waals surface area contributed by atoms with Crippen molar-refractivity contribution in [2.75, 3.05) is 13.7 Å². The molecule has 134 valence electrons. The van der Waals surface area contributed by atoms with E-state index in [-0.39, 0.29) is 23.4 Å². The predicted molar refractivity (Wildman–Crippen MR) is 92.7 cm³/mol. The third-order valence-corrected chi connectivity index (χ3v) is 5.92. The molecular weight excluding hydrogens is 328 g/mol. The van der Waals surface area contributed by atoms with Crippen LogP contribution in [0, 0.1) is 13.8 Å². The van der Waals surface area contributed by atoms with Crippen LogP contribution in [0.25, 0.3) is 0 Å². The van der Waals surface area contributed by atoms with Gasteiger partial charge in [-0.15, -0.1) is 0 Å². The normalized spacial score (nSPS) is 16.0. The summed E-state index contributed by atoms with van der Waals surface area (Å²) in [4.78, 5) is 12.2. The molecule has 0 heterocycles. The molecule has 0 saturated heterocycles. The van der Waals surface area contributed by atoms with Crippen LogP contribution in [0.15, 0.2) is 17.0 Å². The molecule has 0 radical (unpaired) electrons. The van der Waals surface area contributed by atoms with Crippen LogP contribution in [0.5, 0.6) is 5.75 Å². The molecule has 0 aliphatic heterocycles. The lowest BCUT2D eigenvalue weighted by Crippen LogP contribution is -2.42. The van der Waals surface area contributed by atoms with E-state index in [0.717, 1.165) is 31.2 Å². The smallest absolute Gasteiger partial charge is 0.241 e. The average molecular weight is 354 g/mol. The first kappa shape index (κ1) is 18.7. The van der Waals surface area contributed by atoms with Crippen molar-refractivity contribution in [3.8, 4) is 5.75 Å². The number of carbonyl (C=O) groups is 1. The van der Waals surface area contributed by atoms with Crippen LogP contribution >= 0.6 is 0 Å². The number of ether oxygens (including phenoxy) is 1. The Bertz CT molecular complexity index is 695. The van der Waals surface area contributed by atoms with E-state index < -0.39 is 10.0 Å². The molecule has 1 aromatic carbocycles. The Hall–Kier alpha value is -1.60. The second kappa shape index (κ2) is 7.98. The van der Waals surface area contributed by atoms with Crippen molar-refractivity contribution >= 4 is 15.9 Å². The first-order chi connectivity index (χ1) is 11.3. The number of hydrogen-bond acceptors (Lipinski definition) is 4. The molecule has 0 spiro atoms. The minimum Gasteiger partial charge on any atom is -0.496 e. The summed E-state index contributed by atoms with van der Waals surface area (Å²) >= 11 is 0. The number of methoxy groups -OCH3 is 1. The van der Waals surface area contributed by atoms with Crippen LogP contribution < -0.4 is 14.8 Å². The van der Waals surface area contributed by atoms with Crippen LogP contribution in [-0.2, 0) is 14.8 Å². The second-order valence-corrected chi connectivity index (χ2v) is 8.05. The summed E-state index contributed by atoms with van der Waals surface area (Å²) in [6.45, 7) is 3.25. The number of nitrogens with one attached hydrogen (secondary N) is 2. The van der Waals surface area contributed by atoms with Gasteiger partial charge < -0.3 is 10.1 Å². The maximum atomic E-state index is 12.5. The van der Waals surface area contributed by atoms with E-state index in [1.54, 1.807) is 33.1 Å². The summed E-state index contributed by atoms with van der Waals surface area (Å²) in [5.41, 5.74) is 1.31. The number of carbonyl (C=O) groups excluding carboxylic acids is 1. The molecule has 1 aromatic rings. The van der Waals surface area contributed by atoms with E-state index in [0.29, 0.717) is 11.3 Å². The van der Waals surface area contributed by atoms with Gasteiger partial charge in [0.25, 0.3) is 0 Å². The minimum absolute atomic E-state index is 0.167. The van der Waals surface area contributed by atoms with Gasteiger partial charge in [0.1, 0.15) is 5.75 Å². The zero-order valence-electron chi connectivity index (χ0n) is 14.5. The third kappa shape index (κ3) is 4.70. The van der Waals surface area contributed by atoms with Crippen LogP contribution in [0.3, 0.4) is 0 Å². The van der Waals surface area contributed by atoms with Crippen LogP contribution in [-0.4, -0.2) is 34.0 Å². The highest BCUT2D eigenvalue weighted by Crippen LogP contribution is 2.25. The number of hydrogen-bond donors (Lipinski definition) is 2. The Balaban J connectivity index is 2.00. The van der Waals surface area contributed by atoms with Crippen molar-refractivity contribution in [2.45, 2.75) is 56.9 Å². The lowest BCUT2D eigenvalue weighted by atomic mass is 9.95. The molecule has 1 aliphatic carbocycles. The maximum Gasteiger partial charge on any atom is 0.241 e. The molecule has 6 nitrogen and oxygen atoms in total. The number of benzene rings is 1. The Kier molecular flexibility index (Phi) is 6.23. The molecule has 1 aliphatic rings. The topological polar surface area (TPSA) is 84.5 Å². The summed E-state index contributed by atoms with van der Waals surface area (Å²) in [5, 5.41) is 2.90. The van der Waals surface area contributed by atoms with Gasteiger partial charge in [-0.25, -0.2) is 13.1 Å². The standard InChI is InChI=1S/C17H26N2O4S/c1-12-10-16(13(2)9-15(12)23-3)24(21,22)18-11-17(20)19-14-7-5-4-6-8-14/h9-10,14,18H,4-8,11H2,1-3H3,(H,19,20). The van der Waals surface area contributed by atoms with Crippen molar-refractivity contribution in [2.24, 2.45) is 0 Å². The van der Waals surface area contributed by atoms with Gasteiger partial charge in [-0.1, -0.05) is 19.3 Å². The molecule has 2 rings (SSSR count). The summed E-state index contributed by atoms with van der Waals surface area (Å²) < 4.78 is 32.5. The van der Waals surface area contributed by atoms with Crippen molar-refractivity contribution in [3.05, 3.63) is 23.3 Å². The Morgan fingerprint density at radius 3 is 2.46 bits per heavy atom. The van der Waals surface area contributed by atoms with Crippen LogP contribution in [0.2, 0.25) is 0 Å². The van der Waals surface area contributed by atoms with Gasteiger partial charge in [0.2, 0.25) is 15.9 Å². The van der Waals surface area contributed by atoms with Gasteiger partial charge in [0.15, 0.2) is 0 Å². The Morgan fingerprint density at radius 1 is 1.17 bits per heavy atom. The summed E-state index contributed by atoms with van der Waals surface area (Å²) in [6, 6.07) is 3.42. The third-order valence-electron chi connectivity index (χ3n) is 4.37. The first-order valence-electron chi connectivity index (χ1n) is 8.28. The quantitative estimate of drug-likeness (QED) is 0.819. The highest BCUT2D eigenvalue weighted by molar-refractivity contribution is 7.89. The largest absolute Gasteiger partial charge is 0.496 e. The van der Waals surface area contributed by atoms with Crippen molar-refractivity contribution < 1.29 is 17.9 Å². The molecule has 0 unspecified atom stereocenters. The van der Waals surface area contributed by atoms with Crippen molar-refractivity contribution in [1.29, 1.82) is 0 Å². The van der Waals surface area contributed by atoms with Gasteiger partial charge in [-0.2, -0.15) is 0 Å². The van der Waals surface area contributed by atoms with Gasteiger partial charge >= 0.3 is 0 Å². The number of rotatable bonds is 6. The average Bonchev–Trinajstić information content (AvgIpc) is 2.55. The molecule has 2 N–H and O–H groups in total. The zero-order valence-corrected chi connectivity index (χ0v) is 15.3. The van der Waals surface area contributed by atoms with Gasteiger partial charge in [-0.05, 0) is 49.9 Å².